The number of aromatic nitrogens is 2. The maximum atomic E-state index is 12.0. The molecule has 1 amide bonds. The minimum Gasteiger partial charge on any atom is -0.497 e. The molecule has 0 saturated heterocycles. The van der Waals surface area contributed by atoms with E-state index in [2.05, 4.69) is 25.5 Å². The fourth-order valence-corrected chi connectivity index (χ4v) is 2.16. The monoisotopic (exact) mass is 343 g/mol. The van der Waals surface area contributed by atoms with Crippen molar-refractivity contribution in [2.45, 2.75) is 13.0 Å². The van der Waals surface area contributed by atoms with Crippen LogP contribution >= 0.6 is 0 Å². The summed E-state index contributed by atoms with van der Waals surface area (Å²) in [6.07, 6.45) is 3.95. The van der Waals surface area contributed by atoms with E-state index < -0.39 is 0 Å². The molecule has 134 valence electrons. The number of rotatable bonds is 9. The van der Waals surface area contributed by atoms with Crippen LogP contribution in [-0.2, 0) is 6.54 Å². The SMILES string of the molecule is COc1ccc(CNc2cnc(C(=O)NCCCN(C)C)cn2)cc1. The molecule has 0 atom stereocenters. The Morgan fingerprint density at radius 2 is 1.92 bits per heavy atom. The van der Waals surface area contributed by atoms with Gasteiger partial charge in [-0.1, -0.05) is 12.1 Å². The van der Waals surface area contributed by atoms with E-state index in [9.17, 15) is 4.79 Å². The molecule has 0 saturated carbocycles. The molecule has 25 heavy (non-hydrogen) atoms. The van der Waals surface area contributed by atoms with Crippen LogP contribution in [0.2, 0.25) is 0 Å². The van der Waals surface area contributed by atoms with Crippen molar-refractivity contribution in [1.82, 2.24) is 20.2 Å². The number of carbonyl (C=O) groups is 1. The number of hydrogen-bond acceptors (Lipinski definition) is 6. The number of methoxy groups -OCH3 is 1. The standard InChI is InChI=1S/C18H25N5O2/c1-23(2)10-4-9-19-18(24)16-12-22-17(13-20-16)21-11-14-5-7-15(25-3)8-6-14/h5-8,12-13H,4,9-11H2,1-3H3,(H,19,24)(H,21,22). The highest BCUT2D eigenvalue weighted by atomic mass is 16.5. The van der Waals surface area contributed by atoms with Crippen molar-refractivity contribution in [2.75, 3.05) is 39.6 Å². The zero-order valence-corrected chi connectivity index (χ0v) is 15.0. The molecule has 0 spiro atoms. The zero-order chi connectivity index (χ0) is 18.1. The molecule has 0 radical (unpaired) electrons. The van der Waals surface area contributed by atoms with Gasteiger partial charge in [0.1, 0.15) is 17.3 Å². The topological polar surface area (TPSA) is 79.4 Å². The van der Waals surface area contributed by atoms with Gasteiger partial charge in [0.15, 0.2) is 0 Å². The van der Waals surface area contributed by atoms with Crippen LogP contribution in [0.25, 0.3) is 0 Å². The van der Waals surface area contributed by atoms with Gasteiger partial charge >= 0.3 is 0 Å². The maximum absolute atomic E-state index is 12.0. The van der Waals surface area contributed by atoms with Crippen LogP contribution in [0.15, 0.2) is 36.7 Å². The fraction of sp³-hybridized carbons (Fsp3) is 0.389. The van der Waals surface area contributed by atoms with Crippen molar-refractivity contribution < 1.29 is 9.53 Å². The summed E-state index contributed by atoms with van der Waals surface area (Å²) < 4.78 is 5.13. The first kappa shape index (κ1) is 18.7. The average molecular weight is 343 g/mol. The zero-order valence-electron chi connectivity index (χ0n) is 15.0. The summed E-state index contributed by atoms with van der Waals surface area (Å²) in [6.45, 7) is 2.17. The van der Waals surface area contributed by atoms with Crippen molar-refractivity contribution in [3.8, 4) is 5.75 Å². The lowest BCUT2D eigenvalue weighted by atomic mass is 10.2. The number of nitrogens with zero attached hydrogens (tertiary/aromatic N) is 3. The Hall–Kier alpha value is -2.67. The first-order chi connectivity index (χ1) is 12.1. The summed E-state index contributed by atoms with van der Waals surface area (Å²) in [5.74, 6) is 1.25. The first-order valence-corrected chi connectivity index (χ1v) is 8.20. The third kappa shape index (κ3) is 6.39. The molecule has 0 bridgehead atoms. The number of nitrogens with one attached hydrogen (secondary N) is 2. The van der Waals surface area contributed by atoms with Gasteiger partial charge in [-0.3, -0.25) is 4.79 Å². The minimum atomic E-state index is -0.201. The summed E-state index contributed by atoms with van der Waals surface area (Å²) in [5.41, 5.74) is 1.42. The number of benzene rings is 1. The van der Waals surface area contributed by atoms with Crippen molar-refractivity contribution >= 4 is 11.7 Å². The molecule has 0 fully saturated rings. The van der Waals surface area contributed by atoms with E-state index in [1.165, 1.54) is 6.20 Å². The molecular weight excluding hydrogens is 318 g/mol. The molecule has 7 heteroatoms. The van der Waals surface area contributed by atoms with Gasteiger partial charge < -0.3 is 20.3 Å². The Balaban J connectivity index is 1.79. The Kier molecular flexibility index (Phi) is 7.16. The van der Waals surface area contributed by atoms with Gasteiger partial charge in [-0.25, -0.2) is 9.97 Å². The molecule has 0 aliphatic heterocycles. The van der Waals surface area contributed by atoms with Gasteiger partial charge in [-0.05, 0) is 44.8 Å². The smallest absolute Gasteiger partial charge is 0.271 e. The molecule has 0 aliphatic carbocycles. The predicted molar refractivity (Wildman–Crippen MR) is 97.9 cm³/mol. The van der Waals surface area contributed by atoms with Crippen molar-refractivity contribution in [3.63, 3.8) is 0 Å². The number of carbonyl (C=O) groups excluding carboxylic acids is 1. The molecule has 2 N–H and O–H groups in total. The second kappa shape index (κ2) is 9.58. The highest BCUT2D eigenvalue weighted by Crippen LogP contribution is 2.12. The van der Waals surface area contributed by atoms with Gasteiger partial charge in [0.2, 0.25) is 0 Å². The van der Waals surface area contributed by atoms with E-state index in [4.69, 9.17) is 4.74 Å². The highest BCUT2D eigenvalue weighted by molar-refractivity contribution is 5.91. The molecule has 7 nitrogen and oxygen atoms in total. The van der Waals surface area contributed by atoms with Crippen LogP contribution in [0.1, 0.15) is 22.5 Å². The molecule has 1 aromatic heterocycles. The van der Waals surface area contributed by atoms with Crippen LogP contribution in [0, 0.1) is 0 Å². The van der Waals surface area contributed by atoms with Crippen LogP contribution in [0.5, 0.6) is 5.75 Å². The van der Waals surface area contributed by atoms with Gasteiger partial charge in [-0.2, -0.15) is 0 Å². The number of hydrogen-bond donors (Lipinski definition) is 2. The van der Waals surface area contributed by atoms with Crippen LogP contribution in [0.3, 0.4) is 0 Å². The normalized spacial score (nSPS) is 10.6. The second-order valence-corrected chi connectivity index (χ2v) is 5.90. The number of amides is 1. The van der Waals surface area contributed by atoms with Crippen molar-refractivity contribution in [1.29, 1.82) is 0 Å². The number of ether oxygens (including phenoxy) is 1. The van der Waals surface area contributed by atoms with Crippen LogP contribution in [-0.4, -0.2) is 55.1 Å². The van der Waals surface area contributed by atoms with E-state index in [1.807, 2.05) is 38.4 Å². The van der Waals surface area contributed by atoms with E-state index in [0.29, 0.717) is 24.6 Å². The third-order valence-electron chi connectivity index (χ3n) is 3.58. The molecule has 1 aromatic carbocycles. The highest BCUT2D eigenvalue weighted by Gasteiger charge is 2.07. The molecule has 2 aromatic rings. The minimum absolute atomic E-state index is 0.201. The fourth-order valence-electron chi connectivity index (χ4n) is 2.16. The molecular formula is C18H25N5O2. The Morgan fingerprint density at radius 3 is 2.52 bits per heavy atom. The lowest BCUT2D eigenvalue weighted by molar-refractivity contribution is 0.0947. The van der Waals surface area contributed by atoms with Gasteiger partial charge in [-0.15, -0.1) is 0 Å². The lowest BCUT2D eigenvalue weighted by Crippen LogP contribution is -2.27. The van der Waals surface area contributed by atoms with Crippen LogP contribution in [0.4, 0.5) is 5.82 Å². The average Bonchev–Trinajstić information content (AvgIpc) is 2.64. The van der Waals surface area contributed by atoms with E-state index in [-0.39, 0.29) is 5.91 Å². The third-order valence-corrected chi connectivity index (χ3v) is 3.58. The van der Waals surface area contributed by atoms with E-state index in [1.54, 1.807) is 13.3 Å². The Morgan fingerprint density at radius 1 is 1.16 bits per heavy atom. The Labute approximate surface area is 148 Å². The Bertz CT molecular complexity index is 656. The largest absolute Gasteiger partial charge is 0.497 e. The maximum Gasteiger partial charge on any atom is 0.271 e. The van der Waals surface area contributed by atoms with Gasteiger partial charge in [0.05, 0.1) is 19.5 Å². The predicted octanol–water partition coefficient (Wildman–Crippen LogP) is 1.78. The van der Waals surface area contributed by atoms with Gasteiger partial charge in [0, 0.05) is 13.1 Å². The molecule has 2 rings (SSSR count). The van der Waals surface area contributed by atoms with Crippen molar-refractivity contribution in [2.24, 2.45) is 0 Å². The summed E-state index contributed by atoms with van der Waals surface area (Å²) in [6, 6.07) is 7.78. The molecule has 0 aliphatic rings. The van der Waals surface area contributed by atoms with Gasteiger partial charge in [0.25, 0.3) is 5.91 Å². The lowest BCUT2D eigenvalue weighted by Gasteiger charge is -2.10. The van der Waals surface area contributed by atoms with E-state index in [0.717, 1.165) is 24.3 Å². The van der Waals surface area contributed by atoms with Crippen molar-refractivity contribution in [3.05, 3.63) is 47.9 Å². The summed E-state index contributed by atoms with van der Waals surface area (Å²) in [4.78, 5) is 22.5. The number of anilines is 1. The second-order valence-electron chi connectivity index (χ2n) is 5.90. The van der Waals surface area contributed by atoms with E-state index >= 15 is 0 Å². The quantitative estimate of drug-likeness (QED) is 0.676. The first-order valence-electron chi connectivity index (χ1n) is 8.20. The summed E-state index contributed by atoms with van der Waals surface area (Å²) in [5, 5.41) is 6.02. The molecule has 1 heterocycles. The summed E-state index contributed by atoms with van der Waals surface area (Å²) in [7, 11) is 5.65. The van der Waals surface area contributed by atoms with Crippen LogP contribution < -0.4 is 15.4 Å². The molecule has 0 unspecified atom stereocenters. The summed E-state index contributed by atoms with van der Waals surface area (Å²) >= 11 is 0.